The summed E-state index contributed by atoms with van der Waals surface area (Å²) in [5.74, 6) is -1.31. The van der Waals surface area contributed by atoms with Gasteiger partial charge in [-0.05, 0) is 36.2 Å². The first kappa shape index (κ1) is 17.7. The number of carbonyl (C=O) groups excluding carboxylic acids is 1. The lowest BCUT2D eigenvalue weighted by Crippen LogP contribution is -2.37. The fourth-order valence-electron chi connectivity index (χ4n) is 1.89. The number of carboxylic acids is 1. The van der Waals surface area contributed by atoms with E-state index in [0.717, 1.165) is 5.56 Å². The van der Waals surface area contributed by atoms with Crippen molar-refractivity contribution >= 4 is 30.0 Å². The van der Waals surface area contributed by atoms with Crippen molar-refractivity contribution in [2.75, 3.05) is 5.32 Å². The Morgan fingerprint density at radius 2 is 1.64 bits per heavy atom. The summed E-state index contributed by atoms with van der Waals surface area (Å²) in [5, 5.41) is 11.5. The third-order valence-corrected chi connectivity index (χ3v) is 3.03. The molecule has 2 rings (SSSR count). The van der Waals surface area contributed by atoms with Crippen LogP contribution in [-0.2, 0) is 11.2 Å². The summed E-state index contributed by atoms with van der Waals surface area (Å²) in [6, 6.07) is 14.8. The smallest absolute Gasteiger partial charge is 0.335 e. The van der Waals surface area contributed by atoms with Gasteiger partial charge in [-0.15, -0.1) is 12.4 Å². The predicted octanol–water partition coefficient (Wildman–Crippen LogP) is 2.32. The van der Waals surface area contributed by atoms with Crippen molar-refractivity contribution in [3.05, 3.63) is 65.7 Å². The first-order valence-corrected chi connectivity index (χ1v) is 6.50. The quantitative estimate of drug-likeness (QED) is 0.788. The van der Waals surface area contributed by atoms with E-state index in [0.29, 0.717) is 12.1 Å². The molecule has 0 aliphatic carbocycles. The van der Waals surface area contributed by atoms with Crippen molar-refractivity contribution in [2.24, 2.45) is 5.73 Å². The fourth-order valence-corrected chi connectivity index (χ4v) is 1.89. The molecule has 1 unspecified atom stereocenters. The number of amides is 1. The third kappa shape index (κ3) is 4.87. The third-order valence-electron chi connectivity index (χ3n) is 3.03. The Bertz CT molecular complexity index is 630. The molecule has 6 heteroatoms. The van der Waals surface area contributed by atoms with Crippen molar-refractivity contribution < 1.29 is 14.7 Å². The molecular formula is C16H17ClN2O3. The first-order valence-electron chi connectivity index (χ1n) is 6.50. The molecule has 5 nitrogen and oxygen atoms in total. The van der Waals surface area contributed by atoms with Crippen LogP contribution in [0.25, 0.3) is 0 Å². The normalized spacial score (nSPS) is 11.1. The largest absolute Gasteiger partial charge is 0.478 e. The molecule has 2 aromatic rings. The van der Waals surface area contributed by atoms with Gasteiger partial charge in [0.2, 0.25) is 5.91 Å². The number of anilines is 1. The van der Waals surface area contributed by atoms with Crippen LogP contribution in [0.2, 0.25) is 0 Å². The number of rotatable bonds is 5. The summed E-state index contributed by atoms with van der Waals surface area (Å²) < 4.78 is 0. The molecule has 116 valence electrons. The second-order valence-electron chi connectivity index (χ2n) is 4.67. The van der Waals surface area contributed by atoms with Gasteiger partial charge in [0.1, 0.15) is 0 Å². The van der Waals surface area contributed by atoms with Crippen LogP contribution in [0.15, 0.2) is 54.6 Å². The molecule has 4 N–H and O–H groups in total. The maximum absolute atomic E-state index is 12.0. The SMILES string of the molecule is Cl.NC(Cc1ccccc1)C(=O)Nc1ccc(C(=O)O)cc1. The Morgan fingerprint density at radius 1 is 1.05 bits per heavy atom. The Kier molecular flexibility index (Phi) is 6.56. The summed E-state index contributed by atoms with van der Waals surface area (Å²) >= 11 is 0. The second kappa shape index (κ2) is 8.17. The van der Waals surface area contributed by atoms with Crippen LogP contribution in [0.3, 0.4) is 0 Å². The second-order valence-corrected chi connectivity index (χ2v) is 4.67. The zero-order valence-corrected chi connectivity index (χ0v) is 12.5. The Hall–Kier alpha value is -2.37. The Balaban J connectivity index is 0.00000242. The molecule has 0 heterocycles. The van der Waals surface area contributed by atoms with Gasteiger partial charge in [-0.25, -0.2) is 4.79 Å². The molecule has 0 saturated heterocycles. The Labute approximate surface area is 134 Å². The monoisotopic (exact) mass is 320 g/mol. The maximum Gasteiger partial charge on any atom is 0.335 e. The van der Waals surface area contributed by atoms with E-state index < -0.39 is 12.0 Å². The summed E-state index contributed by atoms with van der Waals surface area (Å²) in [6.07, 6.45) is 0.444. The number of carbonyl (C=O) groups is 2. The van der Waals surface area contributed by atoms with Crippen LogP contribution < -0.4 is 11.1 Å². The van der Waals surface area contributed by atoms with Gasteiger partial charge in [-0.2, -0.15) is 0 Å². The van der Waals surface area contributed by atoms with Gasteiger partial charge in [0, 0.05) is 5.69 Å². The molecule has 0 saturated carbocycles. The van der Waals surface area contributed by atoms with Crippen molar-refractivity contribution in [3.8, 4) is 0 Å². The van der Waals surface area contributed by atoms with E-state index in [1.807, 2.05) is 30.3 Å². The molecule has 0 aromatic heterocycles. The summed E-state index contributed by atoms with van der Waals surface area (Å²) in [7, 11) is 0. The maximum atomic E-state index is 12.0. The highest BCUT2D eigenvalue weighted by Crippen LogP contribution is 2.10. The average molecular weight is 321 g/mol. The average Bonchev–Trinajstić information content (AvgIpc) is 2.48. The van der Waals surface area contributed by atoms with Gasteiger partial charge in [0.15, 0.2) is 0 Å². The zero-order chi connectivity index (χ0) is 15.2. The molecular weight excluding hydrogens is 304 g/mol. The van der Waals surface area contributed by atoms with E-state index in [1.165, 1.54) is 24.3 Å². The van der Waals surface area contributed by atoms with E-state index in [4.69, 9.17) is 10.8 Å². The minimum atomic E-state index is -1.01. The number of nitrogens with two attached hydrogens (primary N) is 1. The van der Waals surface area contributed by atoms with E-state index in [1.54, 1.807) is 0 Å². The molecule has 0 fully saturated rings. The van der Waals surface area contributed by atoms with Crippen LogP contribution in [0, 0.1) is 0 Å². The number of aromatic carboxylic acids is 1. The zero-order valence-electron chi connectivity index (χ0n) is 11.7. The molecule has 22 heavy (non-hydrogen) atoms. The number of benzene rings is 2. The van der Waals surface area contributed by atoms with E-state index in [2.05, 4.69) is 5.32 Å². The molecule has 0 aliphatic rings. The van der Waals surface area contributed by atoms with Crippen LogP contribution in [0.1, 0.15) is 15.9 Å². The molecule has 1 atom stereocenters. The predicted molar refractivity (Wildman–Crippen MR) is 87.4 cm³/mol. The number of hydrogen-bond donors (Lipinski definition) is 3. The highest BCUT2D eigenvalue weighted by molar-refractivity contribution is 5.95. The standard InChI is InChI=1S/C16H16N2O3.ClH/c17-14(10-11-4-2-1-3-5-11)15(19)18-13-8-6-12(7-9-13)16(20)21;/h1-9,14H,10,17H2,(H,18,19)(H,20,21);1H. The fraction of sp³-hybridized carbons (Fsp3) is 0.125. The van der Waals surface area contributed by atoms with Crippen molar-refractivity contribution in [1.29, 1.82) is 0 Å². The van der Waals surface area contributed by atoms with Gasteiger partial charge >= 0.3 is 5.97 Å². The van der Waals surface area contributed by atoms with Crippen molar-refractivity contribution in [2.45, 2.75) is 12.5 Å². The van der Waals surface area contributed by atoms with Gasteiger partial charge in [0.25, 0.3) is 0 Å². The van der Waals surface area contributed by atoms with Crippen molar-refractivity contribution in [1.82, 2.24) is 0 Å². The Morgan fingerprint density at radius 3 is 2.18 bits per heavy atom. The summed E-state index contributed by atoms with van der Waals surface area (Å²) in [4.78, 5) is 22.7. The highest BCUT2D eigenvalue weighted by atomic mass is 35.5. The van der Waals surface area contributed by atoms with E-state index >= 15 is 0 Å². The lowest BCUT2D eigenvalue weighted by Gasteiger charge is -2.12. The lowest BCUT2D eigenvalue weighted by molar-refractivity contribution is -0.117. The van der Waals surface area contributed by atoms with Gasteiger partial charge in [-0.3, -0.25) is 4.79 Å². The highest BCUT2D eigenvalue weighted by Gasteiger charge is 2.14. The lowest BCUT2D eigenvalue weighted by atomic mass is 10.1. The van der Waals surface area contributed by atoms with Crippen LogP contribution >= 0.6 is 12.4 Å². The first-order chi connectivity index (χ1) is 10.1. The molecule has 0 radical (unpaired) electrons. The molecule has 0 bridgehead atoms. The number of nitrogens with one attached hydrogen (secondary N) is 1. The minimum absolute atomic E-state index is 0. The molecule has 0 aliphatic heterocycles. The van der Waals surface area contributed by atoms with Crippen LogP contribution in [0.4, 0.5) is 5.69 Å². The summed E-state index contributed by atoms with van der Waals surface area (Å²) in [6.45, 7) is 0. The number of hydrogen-bond acceptors (Lipinski definition) is 3. The minimum Gasteiger partial charge on any atom is -0.478 e. The van der Waals surface area contributed by atoms with E-state index in [9.17, 15) is 9.59 Å². The van der Waals surface area contributed by atoms with Gasteiger partial charge in [0.05, 0.1) is 11.6 Å². The summed E-state index contributed by atoms with van der Waals surface area (Å²) in [5.41, 5.74) is 7.55. The van der Waals surface area contributed by atoms with Crippen LogP contribution in [0.5, 0.6) is 0 Å². The van der Waals surface area contributed by atoms with Crippen LogP contribution in [-0.4, -0.2) is 23.0 Å². The molecule has 0 spiro atoms. The number of carboxylic acid groups (broad SMARTS) is 1. The molecule has 2 aromatic carbocycles. The number of halogens is 1. The van der Waals surface area contributed by atoms with Gasteiger partial charge < -0.3 is 16.2 Å². The van der Waals surface area contributed by atoms with Gasteiger partial charge in [-0.1, -0.05) is 30.3 Å². The topological polar surface area (TPSA) is 92.4 Å². The van der Waals surface area contributed by atoms with Crippen molar-refractivity contribution in [3.63, 3.8) is 0 Å². The molecule has 1 amide bonds. The van der Waals surface area contributed by atoms with E-state index in [-0.39, 0.29) is 23.9 Å².